The molecule has 19 heavy (non-hydrogen) atoms. The second-order valence-electron chi connectivity index (χ2n) is 5.17. The number of hydrogen-bond acceptors (Lipinski definition) is 3. The molecule has 4 nitrogen and oxygen atoms in total. The second-order valence-corrected chi connectivity index (χ2v) is 5.17. The Labute approximate surface area is 110 Å². The van der Waals surface area contributed by atoms with Gasteiger partial charge in [0, 0.05) is 19.6 Å². The van der Waals surface area contributed by atoms with Crippen molar-refractivity contribution in [2.45, 2.75) is 31.5 Å². The standard InChI is InChI=1S/C12H19F3N2O2/c13-12(14,15)3-5-17(7-9-1-2-9)11(18)10-8-19-6-4-16-10/h9-10,16H,1-8H2. The molecule has 0 spiro atoms. The van der Waals surface area contributed by atoms with Gasteiger partial charge in [-0.2, -0.15) is 13.2 Å². The Morgan fingerprint density at radius 2 is 2.11 bits per heavy atom. The lowest BCUT2D eigenvalue weighted by Gasteiger charge is -2.30. The summed E-state index contributed by atoms with van der Waals surface area (Å²) in [5.74, 6) is 0.109. The van der Waals surface area contributed by atoms with Crippen LogP contribution < -0.4 is 5.32 Å². The zero-order valence-electron chi connectivity index (χ0n) is 10.7. The fourth-order valence-electron chi connectivity index (χ4n) is 2.11. The minimum atomic E-state index is -4.22. The minimum Gasteiger partial charge on any atom is -0.378 e. The number of halogens is 3. The molecule has 0 aromatic carbocycles. The topological polar surface area (TPSA) is 41.6 Å². The van der Waals surface area contributed by atoms with E-state index in [1.807, 2.05) is 0 Å². The number of amides is 1. The average molecular weight is 280 g/mol. The molecule has 0 aromatic heterocycles. The summed E-state index contributed by atoms with van der Waals surface area (Å²) in [6.07, 6.45) is -3.16. The number of rotatable bonds is 5. The highest BCUT2D eigenvalue weighted by molar-refractivity contribution is 5.82. The van der Waals surface area contributed by atoms with Crippen LogP contribution in [0.2, 0.25) is 0 Å². The van der Waals surface area contributed by atoms with Gasteiger partial charge in [0.15, 0.2) is 0 Å². The SMILES string of the molecule is O=C(C1COCCN1)N(CCC(F)(F)F)CC1CC1. The van der Waals surface area contributed by atoms with E-state index in [0.717, 1.165) is 12.8 Å². The van der Waals surface area contributed by atoms with Gasteiger partial charge in [-0.3, -0.25) is 4.79 Å². The molecule has 1 saturated carbocycles. The van der Waals surface area contributed by atoms with Crippen molar-refractivity contribution in [2.75, 3.05) is 32.8 Å². The lowest BCUT2D eigenvalue weighted by Crippen LogP contribution is -2.53. The zero-order valence-corrected chi connectivity index (χ0v) is 10.7. The summed E-state index contributed by atoms with van der Waals surface area (Å²) >= 11 is 0. The highest BCUT2D eigenvalue weighted by Crippen LogP contribution is 2.30. The van der Waals surface area contributed by atoms with Crippen LogP contribution in [0.15, 0.2) is 0 Å². The molecular weight excluding hydrogens is 261 g/mol. The first-order chi connectivity index (χ1) is 8.96. The lowest BCUT2D eigenvalue weighted by atomic mass is 10.2. The van der Waals surface area contributed by atoms with E-state index in [-0.39, 0.29) is 19.1 Å². The first kappa shape index (κ1) is 14.6. The van der Waals surface area contributed by atoms with Gasteiger partial charge in [0.05, 0.1) is 19.6 Å². The average Bonchev–Trinajstić information content (AvgIpc) is 3.17. The Hall–Kier alpha value is -0.820. The Morgan fingerprint density at radius 1 is 1.37 bits per heavy atom. The molecule has 2 rings (SSSR count). The maximum atomic E-state index is 12.3. The van der Waals surface area contributed by atoms with E-state index in [9.17, 15) is 18.0 Å². The second kappa shape index (κ2) is 6.09. The normalized spacial score (nSPS) is 24.3. The number of ether oxygens (including phenoxy) is 1. The van der Waals surface area contributed by atoms with Crippen LogP contribution in [0, 0.1) is 5.92 Å². The van der Waals surface area contributed by atoms with Crippen LogP contribution in [-0.4, -0.2) is 55.9 Å². The first-order valence-electron chi connectivity index (χ1n) is 6.62. The molecule has 1 N–H and O–H groups in total. The van der Waals surface area contributed by atoms with Crippen LogP contribution in [0.1, 0.15) is 19.3 Å². The summed E-state index contributed by atoms with van der Waals surface area (Å²) in [7, 11) is 0. The number of nitrogens with one attached hydrogen (secondary N) is 1. The van der Waals surface area contributed by atoms with Crippen molar-refractivity contribution in [3.05, 3.63) is 0 Å². The largest absolute Gasteiger partial charge is 0.390 e. The van der Waals surface area contributed by atoms with Gasteiger partial charge in [0.1, 0.15) is 6.04 Å². The van der Waals surface area contributed by atoms with Crippen LogP contribution in [0.3, 0.4) is 0 Å². The molecular formula is C12H19F3N2O2. The molecule has 1 aliphatic heterocycles. The van der Waals surface area contributed by atoms with Crippen molar-refractivity contribution in [3.8, 4) is 0 Å². The highest BCUT2D eigenvalue weighted by atomic mass is 19.4. The van der Waals surface area contributed by atoms with Crippen LogP contribution in [0.5, 0.6) is 0 Å². The summed E-state index contributed by atoms with van der Waals surface area (Å²) in [5, 5.41) is 2.99. The molecule has 1 atom stereocenters. The van der Waals surface area contributed by atoms with E-state index in [1.165, 1.54) is 4.90 Å². The number of nitrogens with zero attached hydrogens (tertiary/aromatic N) is 1. The van der Waals surface area contributed by atoms with Gasteiger partial charge in [-0.15, -0.1) is 0 Å². The molecule has 1 unspecified atom stereocenters. The summed E-state index contributed by atoms with van der Waals surface area (Å²) < 4.78 is 42.1. The summed E-state index contributed by atoms with van der Waals surface area (Å²) in [5.41, 5.74) is 0. The molecule has 110 valence electrons. The maximum absolute atomic E-state index is 12.3. The zero-order chi connectivity index (χ0) is 13.9. The third-order valence-corrected chi connectivity index (χ3v) is 3.37. The summed E-state index contributed by atoms with van der Waals surface area (Å²) in [6.45, 7) is 1.53. The molecule has 1 saturated heterocycles. The van der Waals surface area contributed by atoms with E-state index >= 15 is 0 Å². The van der Waals surface area contributed by atoms with Gasteiger partial charge in [-0.1, -0.05) is 0 Å². The van der Waals surface area contributed by atoms with Crippen LogP contribution >= 0.6 is 0 Å². The first-order valence-corrected chi connectivity index (χ1v) is 6.62. The third kappa shape index (κ3) is 4.99. The molecule has 2 aliphatic rings. The highest BCUT2D eigenvalue weighted by Gasteiger charge is 2.34. The van der Waals surface area contributed by atoms with Gasteiger partial charge >= 0.3 is 6.18 Å². The van der Waals surface area contributed by atoms with Crippen LogP contribution in [-0.2, 0) is 9.53 Å². The predicted molar refractivity (Wildman–Crippen MR) is 62.6 cm³/mol. The van der Waals surface area contributed by atoms with Gasteiger partial charge in [-0.05, 0) is 18.8 Å². The Bertz CT molecular complexity index is 313. The minimum absolute atomic E-state index is 0.242. The smallest absolute Gasteiger partial charge is 0.378 e. The van der Waals surface area contributed by atoms with Crippen molar-refractivity contribution in [3.63, 3.8) is 0 Å². The van der Waals surface area contributed by atoms with Gasteiger partial charge in [-0.25, -0.2) is 0 Å². The molecule has 7 heteroatoms. The number of alkyl halides is 3. The molecule has 0 radical (unpaired) electrons. The van der Waals surface area contributed by atoms with Crippen molar-refractivity contribution in [1.82, 2.24) is 10.2 Å². The Morgan fingerprint density at radius 3 is 2.63 bits per heavy atom. The van der Waals surface area contributed by atoms with E-state index in [2.05, 4.69) is 5.32 Å². The number of carbonyl (C=O) groups excluding carboxylic acids is 1. The van der Waals surface area contributed by atoms with E-state index < -0.39 is 18.6 Å². The predicted octanol–water partition coefficient (Wildman–Crippen LogP) is 1.17. The molecule has 0 bridgehead atoms. The Kier molecular flexibility index (Phi) is 4.67. The molecule has 1 aliphatic carbocycles. The Balaban J connectivity index is 1.88. The van der Waals surface area contributed by atoms with Crippen LogP contribution in [0.25, 0.3) is 0 Å². The number of carbonyl (C=O) groups is 1. The van der Waals surface area contributed by atoms with E-state index in [0.29, 0.717) is 25.6 Å². The van der Waals surface area contributed by atoms with E-state index in [4.69, 9.17) is 4.74 Å². The third-order valence-electron chi connectivity index (χ3n) is 3.37. The maximum Gasteiger partial charge on any atom is 0.390 e. The van der Waals surface area contributed by atoms with Gasteiger partial charge in [0.25, 0.3) is 0 Å². The fourth-order valence-corrected chi connectivity index (χ4v) is 2.11. The van der Waals surface area contributed by atoms with Crippen molar-refractivity contribution in [1.29, 1.82) is 0 Å². The molecule has 1 heterocycles. The number of morpholine rings is 1. The van der Waals surface area contributed by atoms with Crippen molar-refractivity contribution in [2.24, 2.45) is 5.92 Å². The van der Waals surface area contributed by atoms with Gasteiger partial charge in [0.2, 0.25) is 5.91 Å². The van der Waals surface area contributed by atoms with Crippen molar-refractivity contribution >= 4 is 5.91 Å². The molecule has 1 amide bonds. The van der Waals surface area contributed by atoms with Gasteiger partial charge < -0.3 is 15.0 Å². The summed E-state index contributed by atoms with van der Waals surface area (Å²) in [4.78, 5) is 13.5. The molecule has 0 aromatic rings. The van der Waals surface area contributed by atoms with Crippen LogP contribution in [0.4, 0.5) is 13.2 Å². The number of hydrogen-bond donors (Lipinski definition) is 1. The fraction of sp³-hybridized carbons (Fsp3) is 0.917. The van der Waals surface area contributed by atoms with E-state index in [1.54, 1.807) is 0 Å². The lowest BCUT2D eigenvalue weighted by molar-refractivity contribution is -0.148. The monoisotopic (exact) mass is 280 g/mol. The molecule has 2 fully saturated rings. The quantitative estimate of drug-likeness (QED) is 0.822. The van der Waals surface area contributed by atoms with Crippen molar-refractivity contribution < 1.29 is 22.7 Å². The summed E-state index contributed by atoms with van der Waals surface area (Å²) in [6, 6.07) is -0.499.